The van der Waals surface area contributed by atoms with Crippen LogP contribution in [0.1, 0.15) is 32.6 Å². The third-order valence-electron chi connectivity index (χ3n) is 2.43. The van der Waals surface area contributed by atoms with Gasteiger partial charge in [-0.05, 0) is 19.8 Å². The molecule has 1 fully saturated rings. The molecule has 3 N–H and O–H groups in total. The normalized spacial score (nSPS) is 14.5. The van der Waals surface area contributed by atoms with Gasteiger partial charge in [-0.3, -0.25) is 14.4 Å². The summed E-state index contributed by atoms with van der Waals surface area (Å²) in [4.78, 5) is 31.1. The van der Waals surface area contributed by atoms with E-state index in [9.17, 15) is 14.4 Å². The Morgan fingerprint density at radius 2 is 1.39 bits per heavy atom. The van der Waals surface area contributed by atoms with E-state index in [4.69, 9.17) is 20.1 Å². The van der Waals surface area contributed by atoms with E-state index in [0.29, 0.717) is 0 Å². The van der Waals surface area contributed by atoms with Crippen LogP contribution in [0.2, 0.25) is 0 Å². The van der Waals surface area contributed by atoms with Gasteiger partial charge < -0.3 is 20.1 Å². The van der Waals surface area contributed by atoms with Crippen molar-refractivity contribution in [1.82, 2.24) is 0 Å². The van der Waals surface area contributed by atoms with Crippen LogP contribution in [0, 0.1) is 5.41 Å². The predicted octanol–water partition coefficient (Wildman–Crippen LogP) is 0.823. The Hall–Kier alpha value is -1.63. The van der Waals surface area contributed by atoms with E-state index in [0.717, 1.165) is 20.1 Å². The average molecular weight is 262 g/mol. The second-order valence-corrected chi connectivity index (χ2v) is 4.33. The van der Waals surface area contributed by atoms with Crippen molar-refractivity contribution in [2.75, 3.05) is 13.2 Å². The molecule has 104 valence electrons. The van der Waals surface area contributed by atoms with Gasteiger partial charge in [0.25, 0.3) is 0 Å². The smallest absolute Gasteiger partial charge is 0.310 e. The number of rotatable bonds is 5. The maximum atomic E-state index is 10.6. The zero-order chi connectivity index (χ0) is 14.2. The summed E-state index contributed by atoms with van der Waals surface area (Å²) < 4.78 is 4.94. The van der Waals surface area contributed by atoms with E-state index in [1.807, 2.05) is 0 Å². The first-order chi connectivity index (χ1) is 8.28. The van der Waals surface area contributed by atoms with Crippen molar-refractivity contribution < 1.29 is 34.4 Å². The Balaban J connectivity index is 0.000000473. The van der Waals surface area contributed by atoms with Crippen molar-refractivity contribution >= 4 is 17.9 Å². The number of hydrogen-bond acceptors (Lipinski definition) is 4. The molecule has 7 nitrogen and oxygen atoms in total. The molecule has 0 aromatic heterocycles. The van der Waals surface area contributed by atoms with Crippen LogP contribution in [0.25, 0.3) is 0 Å². The van der Waals surface area contributed by atoms with Crippen LogP contribution in [0.15, 0.2) is 0 Å². The second-order valence-electron chi connectivity index (χ2n) is 4.33. The van der Waals surface area contributed by atoms with Crippen LogP contribution in [-0.4, -0.2) is 46.4 Å². The molecule has 7 heteroatoms. The molecule has 0 amide bonds. The fraction of sp³-hybridized carbons (Fsp3) is 0.727. The summed E-state index contributed by atoms with van der Waals surface area (Å²) in [6.07, 6.45) is 1.16. The highest BCUT2D eigenvalue weighted by atomic mass is 16.5. The molecular formula is C11H18O7. The molecule has 1 heterocycles. The van der Waals surface area contributed by atoms with E-state index >= 15 is 0 Å². The summed E-state index contributed by atoms with van der Waals surface area (Å²) in [6.45, 7) is 3.09. The molecule has 0 bridgehead atoms. The van der Waals surface area contributed by atoms with Gasteiger partial charge in [-0.15, -0.1) is 0 Å². The average Bonchev–Trinajstić information content (AvgIpc) is 2.71. The molecule has 1 aliphatic heterocycles. The van der Waals surface area contributed by atoms with Crippen molar-refractivity contribution in [3.63, 3.8) is 0 Å². The van der Waals surface area contributed by atoms with Crippen molar-refractivity contribution in [2.45, 2.75) is 32.6 Å². The standard InChI is InChI=1S/C7H10O6.C4H8O/c1-7(6(12)13,2-4(8)9)3-5(10)11;1-2-4-5-3-1/h2-3H2,1H3,(H,8,9)(H,10,11)(H,12,13);1-4H2. The molecule has 0 atom stereocenters. The Morgan fingerprint density at radius 1 is 1.00 bits per heavy atom. The highest BCUT2D eigenvalue weighted by Gasteiger charge is 2.38. The Labute approximate surface area is 104 Å². The highest BCUT2D eigenvalue weighted by molar-refractivity contribution is 5.85. The van der Waals surface area contributed by atoms with Crippen LogP contribution in [-0.2, 0) is 19.1 Å². The summed E-state index contributed by atoms with van der Waals surface area (Å²) in [7, 11) is 0. The van der Waals surface area contributed by atoms with E-state index in [1.165, 1.54) is 12.8 Å². The van der Waals surface area contributed by atoms with Gasteiger partial charge in [0.1, 0.15) is 0 Å². The lowest BCUT2D eigenvalue weighted by molar-refractivity contribution is -0.159. The van der Waals surface area contributed by atoms with E-state index in [2.05, 4.69) is 0 Å². The fourth-order valence-electron chi connectivity index (χ4n) is 1.39. The lowest BCUT2D eigenvalue weighted by Gasteiger charge is -2.19. The molecule has 0 spiro atoms. The third kappa shape index (κ3) is 6.85. The lowest BCUT2D eigenvalue weighted by Crippen LogP contribution is -2.32. The summed E-state index contributed by atoms with van der Waals surface area (Å²) in [5, 5.41) is 25.3. The first kappa shape index (κ1) is 16.4. The lowest BCUT2D eigenvalue weighted by atomic mass is 9.83. The molecular weight excluding hydrogens is 244 g/mol. The first-order valence-electron chi connectivity index (χ1n) is 5.52. The number of hydrogen-bond donors (Lipinski definition) is 3. The number of carboxylic acids is 3. The second kappa shape index (κ2) is 7.65. The Bertz CT molecular complexity index is 283. The van der Waals surface area contributed by atoms with Crippen LogP contribution in [0.3, 0.4) is 0 Å². The predicted molar refractivity (Wildman–Crippen MR) is 60.3 cm³/mol. The first-order valence-corrected chi connectivity index (χ1v) is 5.52. The van der Waals surface area contributed by atoms with Gasteiger partial charge >= 0.3 is 17.9 Å². The molecule has 0 saturated carbocycles. The maximum Gasteiger partial charge on any atom is 0.310 e. The largest absolute Gasteiger partial charge is 0.481 e. The molecule has 0 unspecified atom stereocenters. The minimum Gasteiger partial charge on any atom is -0.481 e. The summed E-state index contributed by atoms with van der Waals surface area (Å²) in [5.41, 5.74) is -1.74. The van der Waals surface area contributed by atoms with Gasteiger partial charge in [0, 0.05) is 13.2 Å². The summed E-state index contributed by atoms with van der Waals surface area (Å²) in [5.74, 6) is -4.07. The molecule has 1 rings (SSSR count). The van der Waals surface area contributed by atoms with Crippen LogP contribution >= 0.6 is 0 Å². The highest BCUT2D eigenvalue weighted by Crippen LogP contribution is 2.26. The van der Waals surface area contributed by atoms with Gasteiger partial charge in [-0.2, -0.15) is 0 Å². The number of ether oxygens (including phenoxy) is 1. The van der Waals surface area contributed by atoms with Crippen molar-refractivity contribution in [1.29, 1.82) is 0 Å². The zero-order valence-electron chi connectivity index (χ0n) is 10.2. The minimum absolute atomic E-state index is 0.700. The molecule has 0 aromatic carbocycles. The van der Waals surface area contributed by atoms with Crippen LogP contribution < -0.4 is 0 Å². The van der Waals surface area contributed by atoms with Crippen LogP contribution in [0.4, 0.5) is 0 Å². The molecule has 0 radical (unpaired) electrons. The van der Waals surface area contributed by atoms with Crippen LogP contribution in [0.5, 0.6) is 0 Å². The molecule has 0 aromatic rings. The van der Waals surface area contributed by atoms with Gasteiger partial charge in [0.15, 0.2) is 0 Å². The molecule has 0 aliphatic carbocycles. The monoisotopic (exact) mass is 262 g/mol. The fourth-order valence-corrected chi connectivity index (χ4v) is 1.39. The van der Waals surface area contributed by atoms with E-state index in [1.54, 1.807) is 0 Å². The summed E-state index contributed by atoms with van der Waals surface area (Å²) >= 11 is 0. The van der Waals surface area contributed by atoms with Gasteiger partial charge in [-0.25, -0.2) is 0 Å². The topological polar surface area (TPSA) is 121 Å². The molecule has 1 aliphatic rings. The minimum atomic E-state index is -1.74. The number of aliphatic carboxylic acids is 3. The Kier molecular flexibility index (Phi) is 6.96. The molecule has 1 saturated heterocycles. The van der Waals surface area contributed by atoms with E-state index in [-0.39, 0.29) is 0 Å². The van der Waals surface area contributed by atoms with E-state index < -0.39 is 36.2 Å². The zero-order valence-corrected chi connectivity index (χ0v) is 10.2. The quantitative estimate of drug-likeness (QED) is 0.670. The maximum absolute atomic E-state index is 10.6. The molecule has 18 heavy (non-hydrogen) atoms. The number of carboxylic acid groups (broad SMARTS) is 3. The SMILES string of the molecule is C1CCOC1.CC(CC(=O)O)(CC(=O)O)C(=O)O. The van der Waals surface area contributed by atoms with Crippen molar-refractivity contribution in [3.8, 4) is 0 Å². The van der Waals surface area contributed by atoms with Gasteiger partial charge in [-0.1, -0.05) is 0 Å². The summed E-state index contributed by atoms with van der Waals surface area (Å²) in [6, 6.07) is 0. The third-order valence-corrected chi connectivity index (χ3v) is 2.43. The van der Waals surface area contributed by atoms with Gasteiger partial charge in [0.2, 0.25) is 0 Å². The van der Waals surface area contributed by atoms with Crippen molar-refractivity contribution in [3.05, 3.63) is 0 Å². The van der Waals surface area contributed by atoms with Crippen molar-refractivity contribution in [2.24, 2.45) is 5.41 Å². The van der Waals surface area contributed by atoms with Gasteiger partial charge in [0.05, 0.1) is 18.3 Å². The number of carbonyl (C=O) groups is 3. The Morgan fingerprint density at radius 3 is 1.56 bits per heavy atom.